The van der Waals surface area contributed by atoms with Gasteiger partial charge in [0.05, 0.1) is 5.69 Å². The summed E-state index contributed by atoms with van der Waals surface area (Å²) in [4.78, 5) is 4.44. The molecule has 3 heteroatoms. The Labute approximate surface area is 112 Å². The molecule has 2 aromatic rings. The van der Waals surface area contributed by atoms with Crippen molar-refractivity contribution < 1.29 is 10.2 Å². The van der Waals surface area contributed by atoms with E-state index >= 15 is 0 Å². The summed E-state index contributed by atoms with van der Waals surface area (Å²) >= 11 is 0. The second-order valence-corrected chi connectivity index (χ2v) is 4.19. The fourth-order valence-corrected chi connectivity index (χ4v) is 1.76. The van der Waals surface area contributed by atoms with Crippen LogP contribution in [0.3, 0.4) is 0 Å². The van der Waals surface area contributed by atoms with Gasteiger partial charge in [0, 0.05) is 17.3 Å². The molecule has 0 spiro atoms. The molecule has 0 aliphatic rings. The number of benzene rings is 2. The van der Waals surface area contributed by atoms with Gasteiger partial charge in [-0.2, -0.15) is 0 Å². The number of nitrogens with zero attached hydrogens (tertiary/aromatic N) is 1. The van der Waals surface area contributed by atoms with E-state index in [-0.39, 0.29) is 11.5 Å². The summed E-state index contributed by atoms with van der Waals surface area (Å²) in [6, 6.07) is 12.1. The Kier molecular flexibility index (Phi) is 3.66. The highest BCUT2D eigenvalue weighted by molar-refractivity contribution is 6.02. The lowest BCUT2D eigenvalue weighted by Crippen LogP contribution is -1.94. The Hall–Kier alpha value is -2.55. The molecule has 2 aromatic carbocycles. The largest absolute Gasteiger partial charge is 0.508 e. The fourth-order valence-electron chi connectivity index (χ4n) is 1.76. The lowest BCUT2D eigenvalue weighted by Gasteiger charge is -2.05. The Morgan fingerprint density at radius 1 is 1.11 bits per heavy atom. The van der Waals surface area contributed by atoms with Gasteiger partial charge in [-0.15, -0.1) is 0 Å². The highest BCUT2D eigenvalue weighted by Gasteiger charge is 2.05. The minimum Gasteiger partial charge on any atom is -0.508 e. The van der Waals surface area contributed by atoms with Gasteiger partial charge in [-0.3, -0.25) is 4.99 Å². The average molecular weight is 253 g/mol. The Morgan fingerprint density at radius 2 is 1.79 bits per heavy atom. The molecule has 2 rings (SSSR count). The van der Waals surface area contributed by atoms with E-state index in [2.05, 4.69) is 11.6 Å². The molecule has 0 heterocycles. The SMILES string of the molecule is C=Cc1ccc(N=C(C)c2ccc(O)cc2O)cc1. The Balaban J connectivity index is 2.33. The summed E-state index contributed by atoms with van der Waals surface area (Å²) in [6.45, 7) is 5.51. The molecule has 2 N–H and O–H groups in total. The van der Waals surface area contributed by atoms with Gasteiger partial charge in [-0.1, -0.05) is 24.8 Å². The van der Waals surface area contributed by atoms with Crippen molar-refractivity contribution in [2.24, 2.45) is 4.99 Å². The van der Waals surface area contributed by atoms with Gasteiger partial charge >= 0.3 is 0 Å². The van der Waals surface area contributed by atoms with Crippen molar-refractivity contribution in [3.05, 3.63) is 60.2 Å². The first kappa shape index (κ1) is 12.9. The van der Waals surface area contributed by atoms with E-state index in [1.165, 1.54) is 12.1 Å². The molecule has 0 atom stereocenters. The summed E-state index contributed by atoms with van der Waals surface area (Å²) in [5, 5.41) is 19.0. The average Bonchev–Trinajstić information content (AvgIpc) is 2.39. The summed E-state index contributed by atoms with van der Waals surface area (Å²) in [7, 11) is 0. The molecule has 3 nitrogen and oxygen atoms in total. The molecule has 0 aliphatic carbocycles. The highest BCUT2D eigenvalue weighted by atomic mass is 16.3. The highest BCUT2D eigenvalue weighted by Crippen LogP contribution is 2.24. The predicted molar refractivity (Wildman–Crippen MR) is 78.2 cm³/mol. The maximum atomic E-state index is 9.77. The quantitative estimate of drug-likeness (QED) is 0.815. The van der Waals surface area contributed by atoms with Gasteiger partial charge in [-0.05, 0) is 36.8 Å². The van der Waals surface area contributed by atoms with E-state index in [0.717, 1.165) is 11.3 Å². The third-order valence-corrected chi connectivity index (χ3v) is 2.80. The van der Waals surface area contributed by atoms with Crippen LogP contribution in [0.4, 0.5) is 5.69 Å². The van der Waals surface area contributed by atoms with Gasteiger partial charge in [-0.25, -0.2) is 0 Å². The molecule has 0 radical (unpaired) electrons. The van der Waals surface area contributed by atoms with Crippen LogP contribution in [0.2, 0.25) is 0 Å². The number of phenols is 2. The molecular formula is C16H15NO2. The summed E-state index contributed by atoms with van der Waals surface area (Å²) < 4.78 is 0. The van der Waals surface area contributed by atoms with Crippen LogP contribution < -0.4 is 0 Å². The molecule has 96 valence electrons. The zero-order valence-electron chi connectivity index (χ0n) is 10.7. The molecule has 0 saturated carbocycles. The molecule has 0 aliphatic heterocycles. The van der Waals surface area contributed by atoms with E-state index in [1.54, 1.807) is 12.1 Å². The van der Waals surface area contributed by atoms with Gasteiger partial charge in [0.25, 0.3) is 0 Å². The van der Waals surface area contributed by atoms with Crippen molar-refractivity contribution in [1.82, 2.24) is 0 Å². The zero-order chi connectivity index (χ0) is 13.8. The smallest absolute Gasteiger partial charge is 0.128 e. The van der Waals surface area contributed by atoms with Crippen LogP contribution in [0, 0.1) is 0 Å². The van der Waals surface area contributed by atoms with Crippen molar-refractivity contribution >= 4 is 17.5 Å². The van der Waals surface area contributed by atoms with Gasteiger partial charge in [0.2, 0.25) is 0 Å². The predicted octanol–water partition coefficient (Wildman–Crippen LogP) is 3.88. The fraction of sp³-hybridized carbons (Fsp3) is 0.0625. The van der Waals surface area contributed by atoms with Crippen molar-refractivity contribution in [3.8, 4) is 11.5 Å². The van der Waals surface area contributed by atoms with Crippen LogP contribution in [0.25, 0.3) is 6.08 Å². The van der Waals surface area contributed by atoms with E-state index < -0.39 is 0 Å². The van der Waals surface area contributed by atoms with Crippen LogP contribution >= 0.6 is 0 Å². The topological polar surface area (TPSA) is 52.8 Å². The summed E-state index contributed by atoms with van der Waals surface area (Å²) in [6.07, 6.45) is 1.77. The minimum absolute atomic E-state index is 0.0176. The summed E-state index contributed by atoms with van der Waals surface area (Å²) in [5.41, 5.74) is 3.12. The van der Waals surface area contributed by atoms with Crippen molar-refractivity contribution in [2.75, 3.05) is 0 Å². The number of rotatable bonds is 3. The maximum absolute atomic E-state index is 9.77. The van der Waals surface area contributed by atoms with Gasteiger partial charge < -0.3 is 10.2 Å². The van der Waals surface area contributed by atoms with Gasteiger partial charge in [0.15, 0.2) is 0 Å². The van der Waals surface area contributed by atoms with Crippen LogP contribution in [0.1, 0.15) is 18.1 Å². The Bertz CT molecular complexity index is 628. The number of phenolic OH excluding ortho intramolecular Hbond substituents is 2. The maximum Gasteiger partial charge on any atom is 0.128 e. The monoisotopic (exact) mass is 253 g/mol. The molecule has 0 aromatic heterocycles. The first-order valence-electron chi connectivity index (χ1n) is 5.90. The molecule has 19 heavy (non-hydrogen) atoms. The van der Waals surface area contributed by atoms with Gasteiger partial charge in [0.1, 0.15) is 11.5 Å². The normalized spacial score (nSPS) is 11.3. The van der Waals surface area contributed by atoms with Crippen LogP contribution in [-0.4, -0.2) is 15.9 Å². The van der Waals surface area contributed by atoms with Crippen molar-refractivity contribution in [1.29, 1.82) is 0 Å². The molecular weight excluding hydrogens is 238 g/mol. The van der Waals surface area contributed by atoms with Crippen molar-refractivity contribution in [3.63, 3.8) is 0 Å². The van der Waals surface area contributed by atoms with E-state index in [9.17, 15) is 10.2 Å². The zero-order valence-corrected chi connectivity index (χ0v) is 10.7. The second kappa shape index (κ2) is 5.40. The number of aliphatic imine (C=N–C) groups is 1. The van der Waals surface area contributed by atoms with Crippen LogP contribution in [-0.2, 0) is 0 Å². The summed E-state index contributed by atoms with van der Waals surface area (Å²) in [5.74, 6) is 0.0494. The standard InChI is InChI=1S/C16H15NO2/c1-3-12-4-6-13(7-5-12)17-11(2)15-9-8-14(18)10-16(15)19/h3-10,18-19H,1H2,2H3. The third-order valence-electron chi connectivity index (χ3n) is 2.80. The lowest BCUT2D eigenvalue weighted by molar-refractivity contribution is 0.450. The number of aromatic hydroxyl groups is 2. The molecule has 0 unspecified atom stereocenters. The first-order valence-corrected chi connectivity index (χ1v) is 5.90. The van der Waals surface area contributed by atoms with Crippen molar-refractivity contribution in [2.45, 2.75) is 6.92 Å². The molecule has 0 saturated heterocycles. The number of hydrogen-bond acceptors (Lipinski definition) is 3. The third kappa shape index (κ3) is 3.01. The van der Waals surface area contributed by atoms with E-state index in [0.29, 0.717) is 11.3 Å². The first-order chi connectivity index (χ1) is 9.10. The van der Waals surface area contributed by atoms with E-state index in [4.69, 9.17) is 0 Å². The van der Waals surface area contributed by atoms with E-state index in [1.807, 2.05) is 31.2 Å². The molecule has 0 amide bonds. The van der Waals surface area contributed by atoms with Crippen LogP contribution in [0.5, 0.6) is 11.5 Å². The molecule has 0 bridgehead atoms. The Morgan fingerprint density at radius 3 is 2.37 bits per heavy atom. The molecule has 0 fully saturated rings. The van der Waals surface area contributed by atoms with Crippen LogP contribution in [0.15, 0.2) is 54.0 Å². The number of hydrogen-bond donors (Lipinski definition) is 2. The lowest BCUT2D eigenvalue weighted by atomic mass is 10.1. The second-order valence-electron chi connectivity index (χ2n) is 4.19. The minimum atomic E-state index is 0.0176.